The van der Waals surface area contributed by atoms with Crippen LogP contribution in [0.4, 0.5) is 8.78 Å². The van der Waals surface area contributed by atoms with Gasteiger partial charge >= 0.3 is 5.97 Å². The van der Waals surface area contributed by atoms with Crippen molar-refractivity contribution < 1.29 is 22.7 Å². The number of aryl methyl sites for hydroxylation is 1. The Kier molecular flexibility index (Phi) is 8.11. The van der Waals surface area contributed by atoms with E-state index < -0.39 is 17.6 Å². The highest BCUT2D eigenvalue weighted by atomic mass is 35.5. The first-order valence-electron chi connectivity index (χ1n) is 11.2. The van der Waals surface area contributed by atoms with Gasteiger partial charge in [-0.2, -0.15) is 0 Å². The second-order valence-electron chi connectivity index (χ2n) is 7.97. The van der Waals surface area contributed by atoms with E-state index in [0.29, 0.717) is 24.1 Å². The fourth-order valence-corrected chi connectivity index (χ4v) is 4.92. The van der Waals surface area contributed by atoms with Gasteiger partial charge in [-0.1, -0.05) is 41.9 Å². The molecule has 0 aliphatic carbocycles. The molecule has 0 bridgehead atoms. The lowest BCUT2D eigenvalue weighted by Crippen LogP contribution is -2.20. The number of benzene rings is 3. The van der Waals surface area contributed by atoms with E-state index in [0.717, 1.165) is 28.0 Å². The number of furan rings is 1. The largest absolute Gasteiger partial charge is 0.460 e. The van der Waals surface area contributed by atoms with Gasteiger partial charge in [0.15, 0.2) is 0 Å². The van der Waals surface area contributed by atoms with Crippen molar-refractivity contribution in [1.29, 1.82) is 0 Å². The lowest BCUT2D eigenvalue weighted by molar-refractivity contribution is 0.0491. The first-order chi connectivity index (χ1) is 16.9. The summed E-state index contributed by atoms with van der Waals surface area (Å²) in [4.78, 5) is 13.0. The SMILES string of the molecule is CCOC(=O)c1oc2ccc(SN(CCc3ccccc3)Cc3c(F)cc(Cl)cc3F)cc2c1C. The quantitative estimate of drug-likeness (QED) is 0.169. The molecule has 4 rings (SSSR count). The summed E-state index contributed by atoms with van der Waals surface area (Å²) in [6.45, 7) is 4.39. The fourth-order valence-electron chi connectivity index (χ4n) is 3.75. The average Bonchev–Trinajstić information content (AvgIpc) is 3.16. The minimum Gasteiger partial charge on any atom is -0.460 e. The lowest BCUT2D eigenvalue weighted by Gasteiger charge is -2.22. The van der Waals surface area contributed by atoms with Crippen molar-refractivity contribution in [2.45, 2.75) is 31.7 Å². The van der Waals surface area contributed by atoms with E-state index in [1.165, 1.54) is 11.9 Å². The Morgan fingerprint density at radius 3 is 2.49 bits per heavy atom. The van der Waals surface area contributed by atoms with Crippen LogP contribution in [0, 0.1) is 18.6 Å². The zero-order chi connectivity index (χ0) is 24.9. The molecule has 0 aliphatic heterocycles. The van der Waals surface area contributed by atoms with Crippen molar-refractivity contribution in [3.63, 3.8) is 0 Å². The van der Waals surface area contributed by atoms with Crippen LogP contribution in [-0.4, -0.2) is 23.4 Å². The van der Waals surface area contributed by atoms with Crippen LogP contribution in [-0.2, 0) is 17.7 Å². The predicted molar refractivity (Wildman–Crippen MR) is 135 cm³/mol. The molecule has 0 radical (unpaired) electrons. The summed E-state index contributed by atoms with van der Waals surface area (Å²) < 4.78 is 41.8. The number of rotatable bonds is 9. The average molecular weight is 516 g/mol. The van der Waals surface area contributed by atoms with Crippen LogP contribution in [0.2, 0.25) is 5.02 Å². The molecule has 1 aromatic heterocycles. The van der Waals surface area contributed by atoms with Crippen LogP contribution in [0.1, 0.15) is 34.2 Å². The molecular weight excluding hydrogens is 492 g/mol. The van der Waals surface area contributed by atoms with Gasteiger partial charge in [-0.25, -0.2) is 17.9 Å². The molecule has 0 atom stereocenters. The van der Waals surface area contributed by atoms with Crippen molar-refractivity contribution in [3.05, 3.63) is 99.8 Å². The summed E-state index contributed by atoms with van der Waals surface area (Å²) in [5, 5.41) is 0.801. The molecule has 8 heteroatoms. The van der Waals surface area contributed by atoms with Gasteiger partial charge in [0.05, 0.1) is 6.61 Å². The van der Waals surface area contributed by atoms with E-state index in [4.69, 9.17) is 20.8 Å². The molecule has 4 aromatic rings. The maximum Gasteiger partial charge on any atom is 0.374 e. The molecule has 0 fully saturated rings. The smallest absolute Gasteiger partial charge is 0.374 e. The standard InChI is InChI=1S/C27H24ClF2NO3S/c1-3-33-27(32)26-17(2)21-15-20(9-10-25(21)34-26)35-31(12-11-18-7-5-4-6-8-18)16-22-23(29)13-19(28)14-24(22)30/h4-10,13-15H,3,11-12,16H2,1-2H3. The van der Waals surface area contributed by atoms with E-state index in [2.05, 4.69) is 0 Å². The third kappa shape index (κ3) is 6.04. The molecule has 0 unspecified atom stereocenters. The van der Waals surface area contributed by atoms with Gasteiger partial charge in [0.1, 0.15) is 17.2 Å². The van der Waals surface area contributed by atoms with Gasteiger partial charge in [-0.15, -0.1) is 0 Å². The summed E-state index contributed by atoms with van der Waals surface area (Å²) in [5.74, 6) is -1.69. The van der Waals surface area contributed by atoms with Crippen molar-refractivity contribution in [3.8, 4) is 0 Å². The van der Waals surface area contributed by atoms with Crippen LogP contribution >= 0.6 is 23.5 Å². The first-order valence-corrected chi connectivity index (χ1v) is 12.3. The van der Waals surface area contributed by atoms with E-state index in [-0.39, 0.29) is 29.5 Å². The Morgan fingerprint density at radius 1 is 1.09 bits per heavy atom. The number of fused-ring (bicyclic) bond motifs is 1. The zero-order valence-corrected chi connectivity index (χ0v) is 20.9. The molecule has 182 valence electrons. The molecule has 1 heterocycles. The second-order valence-corrected chi connectivity index (χ2v) is 9.58. The Balaban J connectivity index is 1.61. The second kappa shape index (κ2) is 11.2. The Bertz CT molecular complexity index is 1320. The van der Waals surface area contributed by atoms with Gasteiger partial charge in [-0.05, 0) is 68.1 Å². The van der Waals surface area contributed by atoms with Crippen LogP contribution in [0.3, 0.4) is 0 Å². The van der Waals surface area contributed by atoms with Crippen molar-refractivity contribution in [2.24, 2.45) is 0 Å². The van der Waals surface area contributed by atoms with E-state index in [1.807, 2.05) is 46.8 Å². The fraction of sp³-hybridized carbons (Fsp3) is 0.222. The third-order valence-electron chi connectivity index (χ3n) is 5.54. The zero-order valence-electron chi connectivity index (χ0n) is 19.3. The Morgan fingerprint density at radius 2 is 1.80 bits per heavy atom. The number of halogens is 3. The van der Waals surface area contributed by atoms with Crippen LogP contribution in [0.5, 0.6) is 0 Å². The minimum absolute atomic E-state index is 0.0190. The number of hydrogen-bond donors (Lipinski definition) is 0. The van der Waals surface area contributed by atoms with Crippen LogP contribution in [0.25, 0.3) is 11.0 Å². The summed E-state index contributed by atoms with van der Waals surface area (Å²) in [6, 6.07) is 17.7. The number of esters is 1. The third-order valence-corrected chi connectivity index (χ3v) is 6.79. The van der Waals surface area contributed by atoms with Crippen LogP contribution < -0.4 is 0 Å². The Labute approximate surface area is 212 Å². The molecular formula is C27H24ClF2NO3S. The molecule has 0 N–H and O–H groups in total. The van der Waals surface area contributed by atoms with Gasteiger partial charge in [0.2, 0.25) is 5.76 Å². The van der Waals surface area contributed by atoms with E-state index in [9.17, 15) is 13.6 Å². The van der Waals surface area contributed by atoms with Crippen molar-refractivity contribution >= 4 is 40.5 Å². The molecule has 4 nitrogen and oxygen atoms in total. The first kappa shape index (κ1) is 25.2. The van der Waals surface area contributed by atoms with E-state index >= 15 is 0 Å². The summed E-state index contributed by atoms with van der Waals surface area (Å²) in [6.07, 6.45) is 0.699. The number of carbonyl (C=O) groups excluding carboxylic acids is 1. The predicted octanol–water partition coefficient (Wildman–Crippen LogP) is 7.60. The topological polar surface area (TPSA) is 42.7 Å². The minimum atomic E-state index is -0.680. The maximum absolute atomic E-state index is 14.6. The molecule has 35 heavy (non-hydrogen) atoms. The van der Waals surface area contributed by atoms with Crippen LogP contribution in [0.15, 0.2) is 70.0 Å². The van der Waals surface area contributed by atoms with Gasteiger partial charge in [-0.3, -0.25) is 0 Å². The highest BCUT2D eigenvalue weighted by Crippen LogP contribution is 2.33. The molecule has 0 saturated heterocycles. The molecule has 3 aromatic carbocycles. The van der Waals surface area contributed by atoms with Crippen molar-refractivity contribution in [2.75, 3.05) is 13.2 Å². The van der Waals surface area contributed by atoms with Crippen molar-refractivity contribution in [1.82, 2.24) is 4.31 Å². The molecule has 0 aliphatic rings. The molecule has 0 saturated carbocycles. The highest BCUT2D eigenvalue weighted by Gasteiger charge is 2.20. The highest BCUT2D eigenvalue weighted by molar-refractivity contribution is 7.97. The maximum atomic E-state index is 14.6. The summed E-state index contributed by atoms with van der Waals surface area (Å²) in [7, 11) is 0. The monoisotopic (exact) mass is 515 g/mol. The number of nitrogens with zero attached hydrogens (tertiary/aromatic N) is 1. The molecule has 0 amide bonds. The molecule has 0 spiro atoms. The number of hydrogen-bond acceptors (Lipinski definition) is 5. The summed E-state index contributed by atoms with van der Waals surface area (Å²) in [5.41, 5.74) is 2.34. The van der Waals surface area contributed by atoms with Gasteiger partial charge in [0.25, 0.3) is 0 Å². The van der Waals surface area contributed by atoms with Gasteiger partial charge in [0, 0.05) is 39.5 Å². The van der Waals surface area contributed by atoms with Gasteiger partial charge < -0.3 is 9.15 Å². The normalized spacial score (nSPS) is 11.4. The summed E-state index contributed by atoms with van der Waals surface area (Å²) >= 11 is 7.19. The number of carbonyl (C=O) groups is 1. The lowest BCUT2D eigenvalue weighted by atomic mass is 10.1. The van der Waals surface area contributed by atoms with E-state index in [1.54, 1.807) is 19.9 Å². The Hall–Kier alpha value is -2.87. The number of ether oxygens (including phenoxy) is 1.